The lowest BCUT2D eigenvalue weighted by atomic mass is 9.89. The fraction of sp³-hybridized carbons (Fsp3) is 0.368. The fourth-order valence-corrected chi connectivity index (χ4v) is 3.24. The van der Waals surface area contributed by atoms with E-state index in [-0.39, 0.29) is 17.9 Å². The number of ether oxygens (including phenoxy) is 1. The van der Waals surface area contributed by atoms with Crippen molar-refractivity contribution in [2.75, 3.05) is 13.2 Å². The number of hydrogen-bond acceptors (Lipinski definition) is 5. The van der Waals surface area contributed by atoms with E-state index in [9.17, 15) is 14.0 Å². The predicted octanol–water partition coefficient (Wildman–Crippen LogP) is 1.68. The molecule has 2 aromatic rings. The molecule has 1 unspecified atom stereocenters. The molecule has 1 aromatic heterocycles. The average Bonchev–Trinajstić information content (AvgIpc) is 2.68. The molecule has 1 saturated heterocycles. The number of nitrogens with one attached hydrogen (secondary N) is 1. The van der Waals surface area contributed by atoms with Crippen LogP contribution in [0.15, 0.2) is 36.9 Å². The maximum absolute atomic E-state index is 14.5. The molecule has 27 heavy (non-hydrogen) atoms. The summed E-state index contributed by atoms with van der Waals surface area (Å²) < 4.78 is 19.8. The van der Waals surface area contributed by atoms with Crippen LogP contribution in [0.25, 0.3) is 11.1 Å². The Labute approximate surface area is 156 Å². The number of nitrogens with two attached hydrogens (primary N) is 1. The number of halogens is 1. The first kappa shape index (κ1) is 18.9. The lowest BCUT2D eigenvalue weighted by Gasteiger charge is -2.30. The summed E-state index contributed by atoms with van der Waals surface area (Å²) in [5, 5.41) is 2.77. The number of primary amides is 1. The van der Waals surface area contributed by atoms with E-state index in [1.807, 2.05) is 0 Å². The number of aromatic nitrogens is 2. The minimum absolute atomic E-state index is 0.0114. The molecule has 1 aliphatic rings. The third kappa shape index (κ3) is 4.85. The van der Waals surface area contributed by atoms with E-state index in [0.29, 0.717) is 37.2 Å². The van der Waals surface area contributed by atoms with Gasteiger partial charge in [-0.3, -0.25) is 9.59 Å². The summed E-state index contributed by atoms with van der Waals surface area (Å²) in [6.45, 7) is 1.13. The van der Waals surface area contributed by atoms with Gasteiger partial charge < -0.3 is 15.8 Å². The van der Waals surface area contributed by atoms with Crippen LogP contribution < -0.4 is 11.1 Å². The molecule has 0 aliphatic carbocycles. The highest BCUT2D eigenvalue weighted by atomic mass is 19.1. The number of amides is 2. The Bertz CT molecular complexity index is 810. The Morgan fingerprint density at radius 1 is 1.22 bits per heavy atom. The lowest BCUT2D eigenvalue weighted by molar-refractivity contribution is -0.118. The first-order valence-electron chi connectivity index (χ1n) is 8.76. The molecule has 0 radical (unpaired) electrons. The molecule has 8 heteroatoms. The molecule has 2 heterocycles. The summed E-state index contributed by atoms with van der Waals surface area (Å²) in [5.41, 5.74) is 6.46. The van der Waals surface area contributed by atoms with Gasteiger partial charge in [-0.25, -0.2) is 14.4 Å². The molecule has 142 valence electrons. The second-order valence-electron chi connectivity index (χ2n) is 6.52. The van der Waals surface area contributed by atoms with Crippen molar-refractivity contribution >= 4 is 11.8 Å². The van der Waals surface area contributed by atoms with Crippen LogP contribution in [-0.4, -0.2) is 41.0 Å². The van der Waals surface area contributed by atoms with E-state index in [1.54, 1.807) is 18.5 Å². The smallest absolute Gasteiger partial charge is 0.254 e. The Hall–Kier alpha value is -2.87. The van der Waals surface area contributed by atoms with Gasteiger partial charge in [0, 0.05) is 43.6 Å². The second kappa shape index (κ2) is 8.68. The van der Waals surface area contributed by atoms with Crippen LogP contribution in [0, 0.1) is 11.7 Å². The van der Waals surface area contributed by atoms with Crippen molar-refractivity contribution in [3.8, 4) is 11.1 Å². The molecule has 3 N–H and O–H groups in total. The molecule has 0 spiro atoms. The lowest BCUT2D eigenvalue weighted by Crippen LogP contribution is -2.44. The van der Waals surface area contributed by atoms with Crippen LogP contribution in [0.1, 0.15) is 29.6 Å². The summed E-state index contributed by atoms with van der Waals surface area (Å²) in [7, 11) is 0. The fourth-order valence-electron chi connectivity index (χ4n) is 3.24. The maximum Gasteiger partial charge on any atom is 0.254 e. The zero-order chi connectivity index (χ0) is 19.2. The highest BCUT2D eigenvalue weighted by Gasteiger charge is 2.28. The molecule has 3 rings (SSSR count). The van der Waals surface area contributed by atoms with Crippen molar-refractivity contribution in [1.82, 2.24) is 15.3 Å². The van der Waals surface area contributed by atoms with Gasteiger partial charge in [0.15, 0.2) is 0 Å². The molecular formula is C19H21FN4O3. The van der Waals surface area contributed by atoms with Gasteiger partial charge in [0.25, 0.3) is 5.91 Å². The summed E-state index contributed by atoms with van der Waals surface area (Å²) in [6.07, 6.45) is 5.96. The van der Waals surface area contributed by atoms with Crippen molar-refractivity contribution in [1.29, 1.82) is 0 Å². The average molecular weight is 372 g/mol. The van der Waals surface area contributed by atoms with E-state index in [2.05, 4.69) is 15.3 Å². The Morgan fingerprint density at radius 3 is 2.56 bits per heavy atom. The van der Waals surface area contributed by atoms with Gasteiger partial charge in [0.05, 0.1) is 5.56 Å². The Kier molecular flexibility index (Phi) is 6.08. The largest absolute Gasteiger partial charge is 0.381 e. The van der Waals surface area contributed by atoms with E-state index in [4.69, 9.17) is 10.5 Å². The molecule has 7 nitrogen and oxygen atoms in total. The van der Waals surface area contributed by atoms with Crippen LogP contribution in [0.4, 0.5) is 4.39 Å². The highest BCUT2D eigenvalue weighted by molar-refractivity contribution is 5.95. The number of nitrogens with zero attached hydrogens (tertiary/aromatic N) is 2. The SMILES string of the molecule is NC(=O)CC(NC(=O)c1ccc(-c2cncnc2)cc1F)C1CCOCC1. The number of carbonyl (C=O) groups excluding carboxylic acids is 2. The van der Waals surface area contributed by atoms with Gasteiger partial charge in [-0.15, -0.1) is 0 Å². The third-order valence-electron chi connectivity index (χ3n) is 4.68. The van der Waals surface area contributed by atoms with Crippen LogP contribution >= 0.6 is 0 Å². The van der Waals surface area contributed by atoms with Gasteiger partial charge in [-0.1, -0.05) is 6.07 Å². The Balaban J connectivity index is 1.76. The minimum Gasteiger partial charge on any atom is -0.381 e. The van der Waals surface area contributed by atoms with Crippen molar-refractivity contribution in [2.24, 2.45) is 11.7 Å². The molecule has 2 amide bonds. The van der Waals surface area contributed by atoms with Crippen LogP contribution in [0.5, 0.6) is 0 Å². The van der Waals surface area contributed by atoms with Crippen molar-refractivity contribution in [3.05, 3.63) is 48.3 Å². The molecule has 1 fully saturated rings. The van der Waals surface area contributed by atoms with Crippen molar-refractivity contribution in [3.63, 3.8) is 0 Å². The number of hydrogen-bond donors (Lipinski definition) is 2. The quantitative estimate of drug-likeness (QED) is 0.802. The normalized spacial score (nSPS) is 15.9. The van der Waals surface area contributed by atoms with Crippen LogP contribution in [-0.2, 0) is 9.53 Å². The summed E-state index contributed by atoms with van der Waals surface area (Å²) in [5.74, 6) is -1.66. The third-order valence-corrected chi connectivity index (χ3v) is 4.68. The number of carbonyl (C=O) groups is 2. The molecule has 0 bridgehead atoms. The standard InChI is InChI=1S/C19H21FN4O3/c20-16-7-13(14-9-22-11-23-10-14)1-2-15(16)19(26)24-17(8-18(21)25)12-3-5-27-6-4-12/h1-2,7,9-12,17H,3-6,8H2,(H2,21,25)(H,24,26). The van der Waals surface area contributed by atoms with E-state index in [0.717, 1.165) is 0 Å². The first-order valence-corrected chi connectivity index (χ1v) is 8.76. The molecule has 1 atom stereocenters. The highest BCUT2D eigenvalue weighted by Crippen LogP contribution is 2.23. The van der Waals surface area contributed by atoms with E-state index >= 15 is 0 Å². The second-order valence-corrected chi connectivity index (χ2v) is 6.52. The molecule has 1 aliphatic heterocycles. The van der Waals surface area contributed by atoms with Gasteiger partial charge in [0.1, 0.15) is 12.1 Å². The predicted molar refractivity (Wildman–Crippen MR) is 96.0 cm³/mol. The van der Waals surface area contributed by atoms with Crippen LogP contribution in [0.3, 0.4) is 0 Å². The summed E-state index contributed by atoms with van der Waals surface area (Å²) in [6, 6.07) is 3.87. The molecule has 1 aromatic carbocycles. The number of rotatable bonds is 6. The van der Waals surface area contributed by atoms with E-state index in [1.165, 1.54) is 18.5 Å². The zero-order valence-corrected chi connectivity index (χ0v) is 14.7. The van der Waals surface area contributed by atoms with Gasteiger partial charge in [-0.05, 0) is 36.5 Å². The maximum atomic E-state index is 14.5. The topological polar surface area (TPSA) is 107 Å². The van der Waals surface area contributed by atoms with E-state index < -0.39 is 23.7 Å². The minimum atomic E-state index is -0.654. The molecular weight excluding hydrogens is 351 g/mol. The number of benzene rings is 1. The van der Waals surface area contributed by atoms with Gasteiger partial charge >= 0.3 is 0 Å². The summed E-state index contributed by atoms with van der Waals surface area (Å²) in [4.78, 5) is 31.8. The first-order chi connectivity index (χ1) is 13.0. The van der Waals surface area contributed by atoms with Crippen molar-refractivity contribution in [2.45, 2.75) is 25.3 Å². The summed E-state index contributed by atoms with van der Waals surface area (Å²) >= 11 is 0. The molecule has 0 saturated carbocycles. The Morgan fingerprint density at radius 2 is 1.93 bits per heavy atom. The van der Waals surface area contributed by atoms with Crippen LogP contribution in [0.2, 0.25) is 0 Å². The van der Waals surface area contributed by atoms with Crippen molar-refractivity contribution < 1.29 is 18.7 Å². The monoisotopic (exact) mass is 372 g/mol. The zero-order valence-electron chi connectivity index (χ0n) is 14.7. The van der Waals surface area contributed by atoms with Gasteiger partial charge in [-0.2, -0.15) is 0 Å². The van der Waals surface area contributed by atoms with Gasteiger partial charge in [0.2, 0.25) is 5.91 Å².